The molecule has 24 heavy (non-hydrogen) atoms. The highest BCUT2D eigenvalue weighted by atomic mass is 35.5. The van der Waals surface area contributed by atoms with Crippen LogP contribution in [0.1, 0.15) is 19.4 Å². The smallest absolute Gasteiger partial charge is 0.337 e. The van der Waals surface area contributed by atoms with Gasteiger partial charge < -0.3 is 14.8 Å². The van der Waals surface area contributed by atoms with E-state index >= 15 is 0 Å². The van der Waals surface area contributed by atoms with Crippen molar-refractivity contribution in [1.82, 2.24) is 5.32 Å². The molecular formula is C17H17Cl2NO4. The number of carbonyl (C=O) groups is 2. The van der Waals surface area contributed by atoms with Crippen molar-refractivity contribution in [2.75, 3.05) is 14.2 Å². The summed E-state index contributed by atoms with van der Waals surface area (Å²) in [5, 5.41) is 3.66. The summed E-state index contributed by atoms with van der Waals surface area (Å²) in [6, 6.07) is 4.75. The minimum atomic E-state index is -1.48. The van der Waals surface area contributed by atoms with Crippen molar-refractivity contribution >= 4 is 35.1 Å². The summed E-state index contributed by atoms with van der Waals surface area (Å²) < 4.78 is 9.90. The first-order chi connectivity index (χ1) is 11.3. The summed E-state index contributed by atoms with van der Waals surface area (Å²) in [5.41, 5.74) is 0.315. The maximum atomic E-state index is 12.8. The molecule has 1 atom stereocenters. The van der Waals surface area contributed by atoms with Crippen molar-refractivity contribution in [2.24, 2.45) is 0 Å². The third kappa shape index (κ3) is 2.89. The number of methoxy groups -OCH3 is 2. The number of ether oxygens (including phenoxy) is 2. The van der Waals surface area contributed by atoms with Gasteiger partial charge in [-0.25, -0.2) is 4.79 Å². The van der Waals surface area contributed by atoms with E-state index < -0.39 is 17.4 Å². The maximum Gasteiger partial charge on any atom is 0.337 e. The molecule has 128 valence electrons. The van der Waals surface area contributed by atoms with Crippen molar-refractivity contribution in [3.63, 3.8) is 0 Å². The Morgan fingerprint density at radius 2 is 1.75 bits per heavy atom. The molecule has 0 amide bonds. The van der Waals surface area contributed by atoms with Crippen molar-refractivity contribution in [3.8, 4) is 0 Å². The number of allylic oxidation sites excluding steroid dienone is 2. The third-order valence-electron chi connectivity index (χ3n) is 3.86. The van der Waals surface area contributed by atoms with Crippen molar-refractivity contribution in [1.29, 1.82) is 0 Å². The molecule has 2 rings (SSSR count). The van der Waals surface area contributed by atoms with E-state index in [1.807, 2.05) is 0 Å². The van der Waals surface area contributed by atoms with E-state index in [0.717, 1.165) is 0 Å². The first kappa shape index (κ1) is 18.4. The summed E-state index contributed by atoms with van der Waals surface area (Å²) in [5.74, 6) is -1.26. The van der Waals surface area contributed by atoms with Crippen LogP contribution in [0.5, 0.6) is 0 Å². The topological polar surface area (TPSA) is 64.6 Å². The molecule has 0 aliphatic carbocycles. The molecule has 1 aromatic rings. The highest BCUT2D eigenvalue weighted by Crippen LogP contribution is 2.42. The van der Waals surface area contributed by atoms with E-state index in [2.05, 4.69) is 5.32 Å². The summed E-state index contributed by atoms with van der Waals surface area (Å²) in [7, 11) is 2.52. The summed E-state index contributed by atoms with van der Waals surface area (Å²) >= 11 is 12.1. The van der Waals surface area contributed by atoms with E-state index in [4.69, 9.17) is 32.7 Å². The predicted molar refractivity (Wildman–Crippen MR) is 91.8 cm³/mol. The zero-order valence-corrected chi connectivity index (χ0v) is 15.2. The quantitative estimate of drug-likeness (QED) is 0.827. The first-order valence-electron chi connectivity index (χ1n) is 7.08. The van der Waals surface area contributed by atoms with Gasteiger partial charge in [0.1, 0.15) is 5.41 Å². The van der Waals surface area contributed by atoms with Gasteiger partial charge in [0.15, 0.2) is 0 Å². The van der Waals surface area contributed by atoms with Gasteiger partial charge in [-0.05, 0) is 37.6 Å². The van der Waals surface area contributed by atoms with Crippen LogP contribution >= 0.6 is 23.2 Å². The number of hydrogen-bond acceptors (Lipinski definition) is 5. The van der Waals surface area contributed by atoms with Crippen molar-refractivity contribution in [2.45, 2.75) is 19.3 Å². The molecule has 1 aliphatic heterocycles. The fraction of sp³-hybridized carbons (Fsp3) is 0.294. The van der Waals surface area contributed by atoms with Crippen LogP contribution < -0.4 is 5.32 Å². The monoisotopic (exact) mass is 369 g/mol. The predicted octanol–water partition coefficient (Wildman–Crippen LogP) is 3.36. The number of esters is 2. The van der Waals surface area contributed by atoms with Gasteiger partial charge in [-0.15, -0.1) is 0 Å². The number of carbonyl (C=O) groups excluding carboxylic acids is 2. The number of rotatable bonds is 3. The zero-order valence-electron chi connectivity index (χ0n) is 13.7. The molecule has 0 aromatic heterocycles. The maximum absolute atomic E-state index is 12.8. The second-order valence-electron chi connectivity index (χ2n) is 5.37. The minimum absolute atomic E-state index is 0.140. The van der Waals surface area contributed by atoms with Crippen LogP contribution in [0.25, 0.3) is 0 Å². The Hall–Kier alpha value is -1.98. The Balaban J connectivity index is 2.86. The lowest BCUT2D eigenvalue weighted by atomic mass is 9.71. The van der Waals surface area contributed by atoms with Gasteiger partial charge in [0.2, 0.25) is 0 Å². The van der Waals surface area contributed by atoms with E-state index in [1.54, 1.807) is 38.1 Å². The normalized spacial score (nSPS) is 20.2. The van der Waals surface area contributed by atoms with Gasteiger partial charge in [0.25, 0.3) is 0 Å². The summed E-state index contributed by atoms with van der Waals surface area (Å²) in [6.07, 6.45) is 1.62. The highest BCUT2D eigenvalue weighted by Gasteiger charge is 2.50. The van der Waals surface area contributed by atoms with Gasteiger partial charge in [-0.1, -0.05) is 29.3 Å². The van der Waals surface area contributed by atoms with Crippen LogP contribution in [-0.4, -0.2) is 26.2 Å². The molecule has 1 aromatic carbocycles. The van der Waals surface area contributed by atoms with E-state index in [9.17, 15) is 9.59 Å². The Bertz CT molecular complexity index is 770. The number of nitrogens with one attached hydrogen (secondary N) is 1. The number of benzene rings is 1. The van der Waals surface area contributed by atoms with Gasteiger partial charge >= 0.3 is 11.9 Å². The van der Waals surface area contributed by atoms with Crippen LogP contribution in [0.2, 0.25) is 10.0 Å². The average molecular weight is 370 g/mol. The second kappa shape index (κ2) is 6.87. The molecule has 0 spiro atoms. The largest absolute Gasteiger partial charge is 0.468 e. The molecule has 0 fully saturated rings. The van der Waals surface area contributed by atoms with Crippen molar-refractivity contribution < 1.29 is 19.1 Å². The fourth-order valence-corrected chi connectivity index (χ4v) is 3.21. The van der Waals surface area contributed by atoms with E-state index in [0.29, 0.717) is 22.0 Å². The number of halogens is 2. The van der Waals surface area contributed by atoms with Gasteiger partial charge in [-0.2, -0.15) is 0 Å². The summed E-state index contributed by atoms with van der Waals surface area (Å²) in [4.78, 5) is 25.2. The highest BCUT2D eigenvalue weighted by molar-refractivity contribution is 6.42. The fourth-order valence-electron chi connectivity index (χ4n) is 2.91. The van der Waals surface area contributed by atoms with Gasteiger partial charge in [0, 0.05) is 11.4 Å². The zero-order chi connectivity index (χ0) is 18.1. The molecule has 0 saturated heterocycles. The Morgan fingerprint density at radius 3 is 2.29 bits per heavy atom. The number of hydrogen-bond donors (Lipinski definition) is 1. The molecule has 1 aliphatic rings. The number of dihydropyridines is 1. The molecule has 1 unspecified atom stereocenters. The molecular weight excluding hydrogens is 353 g/mol. The SMILES string of the molecule is COC(=O)C1=C(C)NC(C)=CC1(C(=O)OC)c1ccc(Cl)c(Cl)c1. The van der Waals surface area contributed by atoms with Gasteiger partial charge in [0.05, 0.1) is 29.8 Å². The van der Waals surface area contributed by atoms with Crippen molar-refractivity contribution in [3.05, 3.63) is 56.9 Å². The van der Waals surface area contributed by atoms with Crippen LogP contribution in [0.3, 0.4) is 0 Å². The molecule has 0 bridgehead atoms. The minimum Gasteiger partial charge on any atom is -0.468 e. The lowest BCUT2D eigenvalue weighted by Crippen LogP contribution is -2.45. The van der Waals surface area contributed by atoms with E-state index in [-0.39, 0.29) is 10.6 Å². The molecule has 7 heteroatoms. The van der Waals surface area contributed by atoms with Gasteiger partial charge in [-0.3, -0.25) is 4.79 Å². The third-order valence-corrected chi connectivity index (χ3v) is 4.60. The van der Waals surface area contributed by atoms with E-state index in [1.165, 1.54) is 14.2 Å². The lowest BCUT2D eigenvalue weighted by molar-refractivity contribution is -0.147. The Labute approximate surface area is 150 Å². The second-order valence-corrected chi connectivity index (χ2v) is 6.19. The Kier molecular flexibility index (Phi) is 5.26. The van der Waals surface area contributed by atoms with Crippen LogP contribution in [0, 0.1) is 0 Å². The molecule has 5 nitrogen and oxygen atoms in total. The molecule has 1 N–H and O–H groups in total. The average Bonchev–Trinajstić information content (AvgIpc) is 2.54. The summed E-state index contributed by atoms with van der Waals surface area (Å²) in [6.45, 7) is 3.48. The first-order valence-corrected chi connectivity index (χ1v) is 7.83. The lowest BCUT2D eigenvalue weighted by Gasteiger charge is -2.35. The standard InChI is InChI=1S/C17H17Cl2NO4/c1-9-8-17(16(22)24-4,11-5-6-12(18)13(19)7-11)14(10(2)20-9)15(21)23-3/h5-8,20H,1-4H3. The Morgan fingerprint density at radius 1 is 1.08 bits per heavy atom. The van der Waals surface area contributed by atoms with Crippen LogP contribution in [0.4, 0.5) is 0 Å². The van der Waals surface area contributed by atoms with Crippen LogP contribution in [-0.2, 0) is 24.5 Å². The molecule has 0 radical (unpaired) electrons. The molecule has 1 heterocycles. The van der Waals surface area contributed by atoms with Crippen LogP contribution in [0.15, 0.2) is 41.2 Å². The molecule has 0 saturated carbocycles.